The molecule has 2 atom stereocenters. The summed E-state index contributed by atoms with van der Waals surface area (Å²) in [6.45, 7) is 8.42. The number of aliphatic imine (C=N–C) groups is 1. The minimum Gasteiger partial charge on any atom is -0.462 e. The van der Waals surface area contributed by atoms with Gasteiger partial charge in [0.1, 0.15) is 6.10 Å². The van der Waals surface area contributed by atoms with E-state index in [9.17, 15) is 0 Å². The summed E-state index contributed by atoms with van der Waals surface area (Å²) in [7, 11) is 0. The molecular formula is C9H19IN2O. The zero-order chi connectivity index (χ0) is 9.35. The number of nitrogens with two attached hydrogens (primary N) is 1. The smallest absolute Gasteiger partial charge is 0.282 e. The normalized spacial score (nSPS) is 31.2. The summed E-state index contributed by atoms with van der Waals surface area (Å²) in [6, 6.07) is 0.331. The van der Waals surface area contributed by atoms with Gasteiger partial charge in [-0.05, 0) is 27.2 Å². The van der Waals surface area contributed by atoms with E-state index in [1.54, 1.807) is 0 Å². The molecule has 0 bridgehead atoms. The van der Waals surface area contributed by atoms with Crippen LogP contribution in [-0.2, 0) is 4.74 Å². The molecule has 0 saturated heterocycles. The molecule has 78 valence electrons. The summed E-state index contributed by atoms with van der Waals surface area (Å²) < 4.78 is 5.35. The number of amidine groups is 1. The van der Waals surface area contributed by atoms with Crippen LogP contribution < -0.4 is 5.73 Å². The second-order valence-electron chi connectivity index (χ2n) is 3.94. The Morgan fingerprint density at radius 3 is 2.46 bits per heavy atom. The monoisotopic (exact) mass is 298 g/mol. The van der Waals surface area contributed by atoms with Crippen LogP contribution in [0.15, 0.2) is 4.99 Å². The quantitative estimate of drug-likeness (QED) is 0.754. The number of ether oxygens (including phenoxy) is 1. The van der Waals surface area contributed by atoms with Crippen molar-refractivity contribution in [2.75, 3.05) is 0 Å². The van der Waals surface area contributed by atoms with E-state index in [4.69, 9.17) is 10.5 Å². The van der Waals surface area contributed by atoms with E-state index in [2.05, 4.69) is 32.7 Å². The molecule has 0 aromatic carbocycles. The number of hydrogen-bond acceptors (Lipinski definition) is 3. The standard InChI is InChI=1S/C9H18N2O.HI/c1-5-7-6(2)12-8(10)11-9(7,3)4;/h6-7H,5H2,1-4H3,(H2,10,11);1H. The van der Waals surface area contributed by atoms with Crippen molar-refractivity contribution in [1.29, 1.82) is 0 Å². The highest BCUT2D eigenvalue weighted by molar-refractivity contribution is 14.0. The van der Waals surface area contributed by atoms with Gasteiger partial charge in [-0.3, -0.25) is 0 Å². The lowest BCUT2D eigenvalue weighted by Gasteiger charge is -2.38. The van der Waals surface area contributed by atoms with Crippen LogP contribution in [0, 0.1) is 5.92 Å². The second kappa shape index (κ2) is 4.48. The molecule has 0 fully saturated rings. The first kappa shape index (κ1) is 13.0. The third-order valence-corrected chi connectivity index (χ3v) is 2.62. The van der Waals surface area contributed by atoms with Crippen molar-refractivity contribution in [3.63, 3.8) is 0 Å². The summed E-state index contributed by atoms with van der Waals surface area (Å²) >= 11 is 0. The number of halogens is 1. The minimum atomic E-state index is -0.0729. The van der Waals surface area contributed by atoms with Gasteiger partial charge in [0.05, 0.1) is 5.54 Å². The molecule has 0 aliphatic carbocycles. The van der Waals surface area contributed by atoms with Crippen LogP contribution in [0.2, 0.25) is 0 Å². The van der Waals surface area contributed by atoms with E-state index in [1.807, 2.05) is 0 Å². The van der Waals surface area contributed by atoms with Crippen molar-refractivity contribution in [3.8, 4) is 0 Å². The zero-order valence-corrected chi connectivity index (χ0v) is 11.0. The molecular weight excluding hydrogens is 279 g/mol. The lowest BCUT2D eigenvalue weighted by Crippen LogP contribution is -2.46. The SMILES string of the molecule is CCC1C(C)OC(N)=NC1(C)C.I. The van der Waals surface area contributed by atoms with Crippen LogP contribution in [0.25, 0.3) is 0 Å². The molecule has 3 nitrogen and oxygen atoms in total. The van der Waals surface area contributed by atoms with Gasteiger partial charge < -0.3 is 10.5 Å². The van der Waals surface area contributed by atoms with E-state index < -0.39 is 0 Å². The van der Waals surface area contributed by atoms with Gasteiger partial charge in [-0.1, -0.05) is 6.92 Å². The molecule has 0 saturated carbocycles. The van der Waals surface area contributed by atoms with E-state index in [0.717, 1.165) is 6.42 Å². The number of nitrogens with zero attached hydrogens (tertiary/aromatic N) is 1. The third kappa shape index (κ3) is 2.72. The molecule has 4 heteroatoms. The molecule has 1 heterocycles. The van der Waals surface area contributed by atoms with Gasteiger partial charge in [-0.15, -0.1) is 24.0 Å². The van der Waals surface area contributed by atoms with Crippen molar-refractivity contribution in [2.24, 2.45) is 16.6 Å². The van der Waals surface area contributed by atoms with Gasteiger partial charge in [0.25, 0.3) is 6.02 Å². The summed E-state index contributed by atoms with van der Waals surface area (Å²) in [5.41, 5.74) is 5.47. The molecule has 13 heavy (non-hydrogen) atoms. The van der Waals surface area contributed by atoms with E-state index in [0.29, 0.717) is 11.9 Å². The van der Waals surface area contributed by atoms with Crippen LogP contribution >= 0.6 is 24.0 Å². The topological polar surface area (TPSA) is 47.6 Å². The Balaban J connectivity index is 0.00000144. The lowest BCUT2D eigenvalue weighted by molar-refractivity contribution is 0.0667. The van der Waals surface area contributed by atoms with Crippen molar-refractivity contribution >= 4 is 30.0 Å². The van der Waals surface area contributed by atoms with Gasteiger partial charge in [0.2, 0.25) is 0 Å². The third-order valence-electron chi connectivity index (χ3n) is 2.62. The zero-order valence-electron chi connectivity index (χ0n) is 8.70. The first-order chi connectivity index (χ1) is 5.47. The van der Waals surface area contributed by atoms with Crippen molar-refractivity contribution < 1.29 is 4.74 Å². The molecule has 2 N–H and O–H groups in total. The lowest BCUT2D eigenvalue weighted by atomic mass is 9.81. The average molecular weight is 298 g/mol. The fraction of sp³-hybridized carbons (Fsp3) is 0.889. The van der Waals surface area contributed by atoms with Gasteiger partial charge in [0.15, 0.2) is 0 Å². The summed E-state index contributed by atoms with van der Waals surface area (Å²) in [5.74, 6) is 0.463. The Bertz CT molecular complexity index is 204. The van der Waals surface area contributed by atoms with Crippen LogP contribution in [0.3, 0.4) is 0 Å². The molecule has 0 radical (unpaired) electrons. The maximum atomic E-state index is 5.55. The molecule has 0 aromatic heterocycles. The fourth-order valence-corrected chi connectivity index (χ4v) is 2.07. The van der Waals surface area contributed by atoms with Gasteiger partial charge in [0, 0.05) is 5.92 Å². The molecule has 2 unspecified atom stereocenters. The van der Waals surface area contributed by atoms with Gasteiger partial charge >= 0.3 is 0 Å². The molecule has 1 rings (SSSR count). The molecule has 1 aliphatic rings. The number of rotatable bonds is 1. The minimum absolute atomic E-state index is 0. The van der Waals surface area contributed by atoms with Crippen LogP contribution in [0.5, 0.6) is 0 Å². The Kier molecular flexibility index (Phi) is 4.48. The van der Waals surface area contributed by atoms with Crippen molar-refractivity contribution in [1.82, 2.24) is 0 Å². The average Bonchev–Trinajstić information content (AvgIpc) is 1.82. The summed E-state index contributed by atoms with van der Waals surface area (Å²) in [5, 5.41) is 0. The van der Waals surface area contributed by atoms with Crippen molar-refractivity contribution in [2.45, 2.75) is 45.8 Å². The molecule has 0 spiro atoms. The first-order valence-corrected chi connectivity index (χ1v) is 4.49. The number of hydrogen-bond donors (Lipinski definition) is 1. The second-order valence-corrected chi connectivity index (χ2v) is 3.94. The predicted octanol–water partition coefficient (Wildman–Crippen LogP) is 2.14. The largest absolute Gasteiger partial charge is 0.462 e. The Morgan fingerprint density at radius 2 is 2.08 bits per heavy atom. The van der Waals surface area contributed by atoms with Crippen LogP contribution in [0.1, 0.15) is 34.1 Å². The van der Waals surface area contributed by atoms with Gasteiger partial charge in [-0.25, -0.2) is 4.99 Å². The van der Waals surface area contributed by atoms with E-state index >= 15 is 0 Å². The Labute approximate surface area is 97.1 Å². The van der Waals surface area contributed by atoms with Gasteiger partial charge in [-0.2, -0.15) is 0 Å². The van der Waals surface area contributed by atoms with Crippen molar-refractivity contribution in [3.05, 3.63) is 0 Å². The van der Waals surface area contributed by atoms with E-state index in [1.165, 1.54) is 0 Å². The predicted molar refractivity (Wildman–Crippen MR) is 65.4 cm³/mol. The molecule has 0 amide bonds. The Morgan fingerprint density at radius 1 is 1.54 bits per heavy atom. The summed E-state index contributed by atoms with van der Waals surface area (Å²) in [4.78, 5) is 4.29. The maximum Gasteiger partial charge on any atom is 0.282 e. The first-order valence-electron chi connectivity index (χ1n) is 4.49. The molecule has 0 aromatic rings. The highest BCUT2D eigenvalue weighted by Crippen LogP contribution is 2.32. The van der Waals surface area contributed by atoms with E-state index in [-0.39, 0.29) is 35.6 Å². The summed E-state index contributed by atoms with van der Waals surface area (Å²) in [6.07, 6.45) is 1.26. The highest BCUT2D eigenvalue weighted by atomic mass is 127. The van der Waals surface area contributed by atoms with Crippen LogP contribution in [-0.4, -0.2) is 17.7 Å². The Hall–Kier alpha value is 0. The molecule has 1 aliphatic heterocycles. The fourth-order valence-electron chi connectivity index (χ4n) is 2.07. The van der Waals surface area contributed by atoms with Crippen LogP contribution in [0.4, 0.5) is 0 Å². The maximum absolute atomic E-state index is 5.55. The highest BCUT2D eigenvalue weighted by Gasteiger charge is 2.37.